The number of esters is 1. The molecule has 0 aliphatic rings. The van der Waals surface area contributed by atoms with Crippen LogP contribution in [-0.4, -0.2) is 26.1 Å². The van der Waals surface area contributed by atoms with Crippen molar-refractivity contribution in [3.8, 4) is 0 Å². The molecule has 2 aromatic rings. The van der Waals surface area contributed by atoms with Crippen molar-refractivity contribution in [1.29, 1.82) is 0 Å². The number of hydrogen-bond acceptors (Lipinski definition) is 7. The number of ether oxygens (including phenoxy) is 2. The second-order valence-corrected chi connectivity index (χ2v) is 7.17. The second-order valence-electron chi connectivity index (χ2n) is 6.35. The van der Waals surface area contributed by atoms with E-state index < -0.39 is 23.8 Å². The molecule has 0 saturated carbocycles. The lowest BCUT2D eigenvalue weighted by molar-refractivity contribution is -0.141. The summed E-state index contributed by atoms with van der Waals surface area (Å²) in [6, 6.07) is 9.65. The molecule has 0 amide bonds. The summed E-state index contributed by atoms with van der Waals surface area (Å²) in [5.41, 5.74) is 7.72. The number of methoxy groups -OCH3 is 2. The van der Waals surface area contributed by atoms with Crippen molar-refractivity contribution in [1.82, 2.24) is 4.72 Å². The minimum atomic E-state index is -4.47. The topological polar surface area (TPSA) is 85.6 Å². The zero-order valence-electron chi connectivity index (χ0n) is 16.6. The summed E-state index contributed by atoms with van der Waals surface area (Å²) in [5, 5.41) is 3.18. The van der Waals surface area contributed by atoms with Crippen molar-refractivity contribution in [2.75, 3.05) is 31.1 Å². The number of rotatable bonds is 10. The number of nitrogens with two attached hydrogens (primary N) is 1. The third-order valence-corrected chi connectivity index (χ3v) is 4.98. The average molecular weight is 443 g/mol. The number of anilines is 2. The minimum absolute atomic E-state index is 0.118. The number of hydrogen-bond donors (Lipinski definition) is 3. The van der Waals surface area contributed by atoms with Gasteiger partial charge in [-0.15, -0.1) is 0 Å². The Bertz CT molecular complexity index is 850. The van der Waals surface area contributed by atoms with E-state index in [1.165, 1.54) is 31.2 Å². The predicted octanol–water partition coefficient (Wildman–Crippen LogP) is 4.35. The van der Waals surface area contributed by atoms with Gasteiger partial charge in [0.25, 0.3) is 0 Å². The SMILES string of the molecule is COCc1cccc(N)c1NCSNC(CC(=O)OC)c1cccc(C(F)(F)F)c1. The van der Waals surface area contributed by atoms with Crippen molar-refractivity contribution in [3.63, 3.8) is 0 Å². The highest BCUT2D eigenvalue weighted by molar-refractivity contribution is 7.97. The van der Waals surface area contributed by atoms with Crippen LogP contribution in [0.15, 0.2) is 42.5 Å². The minimum Gasteiger partial charge on any atom is -0.469 e. The van der Waals surface area contributed by atoms with Gasteiger partial charge in [-0.2, -0.15) is 13.2 Å². The van der Waals surface area contributed by atoms with Gasteiger partial charge in [0.2, 0.25) is 0 Å². The lowest BCUT2D eigenvalue weighted by Gasteiger charge is -2.20. The van der Waals surface area contributed by atoms with E-state index in [1.54, 1.807) is 13.2 Å². The van der Waals surface area contributed by atoms with Crippen LogP contribution in [0.2, 0.25) is 0 Å². The molecule has 30 heavy (non-hydrogen) atoms. The van der Waals surface area contributed by atoms with Crippen LogP contribution >= 0.6 is 11.9 Å². The molecule has 0 fully saturated rings. The van der Waals surface area contributed by atoms with Crippen molar-refractivity contribution in [2.45, 2.75) is 25.2 Å². The van der Waals surface area contributed by atoms with Crippen molar-refractivity contribution in [3.05, 3.63) is 59.2 Å². The Morgan fingerprint density at radius 1 is 1.20 bits per heavy atom. The van der Waals surface area contributed by atoms with Gasteiger partial charge in [0.1, 0.15) is 0 Å². The number of halogens is 3. The summed E-state index contributed by atoms with van der Waals surface area (Å²) in [6.07, 6.45) is -4.59. The molecule has 1 atom stereocenters. The Balaban J connectivity index is 2.07. The van der Waals surface area contributed by atoms with E-state index in [0.29, 0.717) is 23.7 Å². The Hall–Kier alpha value is -2.43. The molecule has 0 saturated heterocycles. The molecule has 0 aliphatic heterocycles. The summed E-state index contributed by atoms with van der Waals surface area (Å²) in [7, 11) is 2.81. The van der Waals surface area contributed by atoms with Crippen LogP contribution < -0.4 is 15.8 Å². The lowest BCUT2D eigenvalue weighted by Crippen LogP contribution is -2.21. The highest BCUT2D eigenvalue weighted by Gasteiger charge is 2.31. The highest BCUT2D eigenvalue weighted by Crippen LogP contribution is 2.32. The van der Waals surface area contributed by atoms with Gasteiger partial charge in [0.05, 0.1) is 49.0 Å². The molecule has 164 valence electrons. The van der Waals surface area contributed by atoms with Crippen LogP contribution in [-0.2, 0) is 27.1 Å². The first kappa shape index (κ1) is 23.8. The molecule has 0 heterocycles. The molecule has 0 aliphatic carbocycles. The summed E-state index contributed by atoms with van der Waals surface area (Å²) in [6.45, 7) is 0.376. The highest BCUT2D eigenvalue weighted by atomic mass is 32.2. The van der Waals surface area contributed by atoms with Crippen LogP contribution in [0, 0.1) is 0 Å². The first-order chi connectivity index (χ1) is 14.3. The number of nitrogen functional groups attached to an aromatic ring is 1. The lowest BCUT2D eigenvalue weighted by atomic mass is 10.0. The molecule has 2 rings (SSSR count). The van der Waals surface area contributed by atoms with Crippen LogP contribution in [0.3, 0.4) is 0 Å². The van der Waals surface area contributed by atoms with Gasteiger partial charge >= 0.3 is 12.1 Å². The number of nitrogens with one attached hydrogen (secondary N) is 2. The molecule has 4 N–H and O–H groups in total. The Labute approximate surface area is 177 Å². The maximum atomic E-state index is 13.0. The molecular formula is C20H24F3N3O3S. The third-order valence-electron chi connectivity index (χ3n) is 4.24. The number of benzene rings is 2. The van der Waals surface area contributed by atoms with Gasteiger partial charge in [-0.3, -0.25) is 9.52 Å². The molecule has 1 unspecified atom stereocenters. The number of alkyl halides is 3. The van der Waals surface area contributed by atoms with Gasteiger partial charge in [0, 0.05) is 12.7 Å². The molecule has 2 aromatic carbocycles. The maximum absolute atomic E-state index is 13.0. The van der Waals surface area contributed by atoms with Gasteiger partial charge < -0.3 is 20.5 Å². The van der Waals surface area contributed by atoms with E-state index in [-0.39, 0.29) is 6.42 Å². The normalized spacial score (nSPS) is 12.4. The summed E-state index contributed by atoms with van der Waals surface area (Å²) >= 11 is 1.21. The zero-order chi connectivity index (χ0) is 22.1. The van der Waals surface area contributed by atoms with E-state index in [1.807, 2.05) is 12.1 Å². The molecule has 0 aromatic heterocycles. The largest absolute Gasteiger partial charge is 0.469 e. The Kier molecular flexibility index (Phi) is 8.82. The van der Waals surface area contributed by atoms with Crippen molar-refractivity contribution < 1.29 is 27.4 Å². The van der Waals surface area contributed by atoms with E-state index in [9.17, 15) is 18.0 Å². The third kappa shape index (κ3) is 6.82. The van der Waals surface area contributed by atoms with E-state index >= 15 is 0 Å². The fraction of sp³-hybridized carbons (Fsp3) is 0.350. The zero-order valence-corrected chi connectivity index (χ0v) is 17.4. The number of carbonyl (C=O) groups is 1. The second kappa shape index (κ2) is 11.1. The summed E-state index contributed by atoms with van der Waals surface area (Å²) in [4.78, 5) is 11.8. The Morgan fingerprint density at radius 2 is 1.93 bits per heavy atom. The van der Waals surface area contributed by atoms with Gasteiger partial charge in [-0.25, -0.2) is 0 Å². The number of para-hydroxylation sites is 1. The predicted molar refractivity (Wildman–Crippen MR) is 112 cm³/mol. The molecular weight excluding hydrogens is 419 g/mol. The van der Waals surface area contributed by atoms with Crippen LogP contribution in [0.25, 0.3) is 0 Å². The van der Waals surface area contributed by atoms with E-state index in [0.717, 1.165) is 23.4 Å². The summed E-state index contributed by atoms with van der Waals surface area (Å²) in [5.74, 6) is -0.185. The van der Waals surface area contributed by atoms with Gasteiger partial charge in [-0.05, 0) is 23.8 Å². The fourth-order valence-corrected chi connectivity index (χ4v) is 3.49. The van der Waals surface area contributed by atoms with Crippen LogP contribution in [0.1, 0.15) is 29.2 Å². The molecule has 0 radical (unpaired) electrons. The molecule has 10 heteroatoms. The average Bonchev–Trinajstić information content (AvgIpc) is 2.71. The first-order valence-corrected chi connectivity index (χ1v) is 9.96. The monoisotopic (exact) mass is 443 g/mol. The molecule has 0 bridgehead atoms. The van der Waals surface area contributed by atoms with Crippen molar-refractivity contribution in [2.24, 2.45) is 0 Å². The van der Waals surface area contributed by atoms with Gasteiger partial charge in [0.15, 0.2) is 0 Å². The molecule has 6 nitrogen and oxygen atoms in total. The van der Waals surface area contributed by atoms with E-state index in [2.05, 4.69) is 14.8 Å². The van der Waals surface area contributed by atoms with Crippen molar-refractivity contribution >= 4 is 29.3 Å². The van der Waals surface area contributed by atoms with Gasteiger partial charge in [-0.1, -0.05) is 36.2 Å². The van der Waals surface area contributed by atoms with Crippen LogP contribution in [0.4, 0.5) is 24.5 Å². The molecule has 0 spiro atoms. The smallest absolute Gasteiger partial charge is 0.416 e. The summed E-state index contributed by atoms with van der Waals surface area (Å²) < 4.78 is 52.0. The van der Waals surface area contributed by atoms with E-state index in [4.69, 9.17) is 10.5 Å². The first-order valence-electron chi connectivity index (χ1n) is 8.97. The number of carbonyl (C=O) groups excluding carboxylic acids is 1. The Morgan fingerprint density at radius 3 is 2.60 bits per heavy atom. The quantitative estimate of drug-likeness (QED) is 0.166. The standard InChI is InChI=1S/C20H24F3N3O3S/c1-28-11-14-6-4-8-16(24)19(14)25-12-30-26-17(10-18(27)29-2)13-5-3-7-15(9-13)20(21,22)23/h3-9,17,25-26H,10-12,24H2,1-2H3. The fourth-order valence-electron chi connectivity index (χ4n) is 2.77. The maximum Gasteiger partial charge on any atom is 0.416 e. The van der Waals surface area contributed by atoms with Crippen LogP contribution in [0.5, 0.6) is 0 Å².